The van der Waals surface area contributed by atoms with Gasteiger partial charge in [0.25, 0.3) is 11.8 Å². The van der Waals surface area contributed by atoms with Crippen LogP contribution in [0.3, 0.4) is 0 Å². The van der Waals surface area contributed by atoms with Gasteiger partial charge < -0.3 is 15.1 Å². The molecular weight excluding hydrogens is 538 g/mol. The molecule has 3 aliphatic rings. The first kappa shape index (κ1) is 24.6. The van der Waals surface area contributed by atoms with Gasteiger partial charge in [0, 0.05) is 60.3 Å². The second-order valence-electron chi connectivity index (χ2n) is 11.0. The second-order valence-corrected chi connectivity index (χ2v) is 11.9. The fraction of sp³-hybridized carbons (Fsp3) is 0.448. The standard InChI is InChI=1S/C29H31BrF2N4O/c1-19-2-3-20-16-22(18-25(26(20)33-19)36-14-10-29(31,32)11-15-36)34-27(37)23-5-4-21(30)17-24(23)35-12-8-28(6-7-28)9-13-35/h2-5,16-18H,6-15H2,1H3,(H,34,37). The fourth-order valence-electron chi connectivity index (χ4n) is 5.76. The summed E-state index contributed by atoms with van der Waals surface area (Å²) in [5.74, 6) is -2.81. The van der Waals surface area contributed by atoms with E-state index in [1.54, 1.807) is 0 Å². The molecule has 0 unspecified atom stereocenters. The number of fused-ring (bicyclic) bond motifs is 1. The zero-order chi connectivity index (χ0) is 25.8. The van der Waals surface area contributed by atoms with Crippen molar-refractivity contribution in [2.45, 2.75) is 51.4 Å². The van der Waals surface area contributed by atoms with Crippen molar-refractivity contribution in [2.24, 2.45) is 5.41 Å². The first-order chi connectivity index (χ1) is 17.7. The molecule has 0 atom stereocenters. The number of nitrogens with one attached hydrogen (secondary N) is 1. The van der Waals surface area contributed by atoms with E-state index in [1.807, 2.05) is 54.3 Å². The van der Waals surface area contributed by atoms with Gasteiger partial charge in [0.05, 0.1) is 22.5 Å². The van der Waals surface area contributed by atoms with Crippen LogP contribution in [-0.2, 0) is 0 Å². The molecule has 2 aromatic carbocycles. The molecule has 0 radical (unpaired) electrons. The highest BCUT2D eigenvalue weighted by atomic mass is 79.9. The third-order valence-electron chi connectivity index (χ3n) is 8.33. The van der Waals surface area contributed by atoms with E-state index < -0.39 is 5.92 Å². The lowest BCUT2D eigenvalue weighted by Crippen LogP contribution is -2.39. The number of hydrogen-bond donors (Lipinski definition) is 1. The Bertz CT molecular complexity index is 1350. The first-order valence-electron chi connectivity index (χ1n) is 13.1. The highest BCUT2D eigenvalue weighted by Gasteiger charge is 2.44. The van der Waals surface area contributed by atoms with Crippen LogP contribution in [0.4, 0.5) is 25.8 Å². The molecule has 8 heteroatoms. The molecule has 3 aromatic rings. The summed E-state index contributed by atoms with van der Waals surface area (Å²) in [5, 5.41) is 3.98. The van der Waals surface area contributed by atoms with Gasteiger partial charge in [0.15, 0.2) is 0 Å². The Kier molecular flexibility index (Phi) is 6.13. The van der Waals surface area contributed by atoms with E-state index in [9.17, 15) is 13.6 Å². The summed E-state index contributed by atoms with van der Waals surface area (Å²) >= 11 is 3.58. The Morgan fingerprint density at radius 2 is 1.57 bits per heavy atom. The summed E-state index contributed by atoms with van der Waals surface area (Å²) in [7, 11) is 0. The first-order valence-corrected chi connectivity index (χ1v) is 13.9. The molecule has 1 amide bonds. The lowest BCUT2D eigenvalue weighted by Gasteiger charge is -2.35. The van der Waals surface area contributed by atoms with Crippen molar-refractivity contribution in [1.29, 1.82) is 0 Å². The van der Waals surface area contributed by atoms with E-state index in [0.29, 0.717) is 16.7 Å². The summed E-state index contributed by atoms with van der Waals surface area (Å²) in [6.45, 7) is 4.35. The maximum atomic E-state index is 13.9. The van der Waals surface area contributed by atoms with Crippen LogP contribution in [0.5, 0.6) is 0 Å². The zero-order valence-electron chi connectivity index (χ0n) is 21.0. The smallest absolute Gasteiger partial charge is 0.257 e. The predicted octanol–water partition coefficient (Wildman–Crippen LogP) is 7.17. The van der Waals surface area contributed by atoms with Crippen LogP contribution >= 0.6 is 15.9 Å². The molecule has 1 aliphatic carbocycles. The van der Waals surface area contributed by atoms with E-state index in [0.717, 1.165) is 45.5 Å². The number of aryl methyl sites for hydroxylation is 1. The summed E-state index contributed by atoms with van der Waals surface area (Å²) < 4.78 is 28.7. The number of nitrogens with zero attached hydrogens (tertiary/aromatic N) is 3. The number of rotatable bonds is 4. The van der Waals surface area contributed by atoms with E-state index in [1.165, 1.54) is 25.7 Å². The van der Waals surface area contributed by atoms with Gasteiger partial charge in [-0.3, -0.25) is 9.78 Å². The van der Waals surface area contributed by atoms with Gasteiger partial charge in [-0.1, -0.05) is 22.0 Å². The van der Waals surface area contributed by atoms with Gasteiger partial charge in [-0.05, 0) is 74.4 Å². The normalized spacial score (nSPS) is 20.3. The lowest BCUT2D eigenvalue weighted by atomic mass is 9.93. The van der Waals surface area contributed by atoms with Crippen LogP contribution < -0.4 is 15.1 Å². The number of halogens is 3. The van der Waals surface area contributed by atoms with Gasteiger partial charge in [0.2, 0.25) is 0 Å². The Morgan fingerprint density at radius 3 is 2.27 bits per heavy atom. The highest BCUT2D eigenvalue weighted by Crippen LogP contribution is 2.54. The Labute approximate surface area is 224 Å². The molecule has 1 spiro atoms. The van der Waals surface area contributed by atoms with E-state index in [2.05, 4.69) is 26.1 Å². The molecule has 5 nitrogen and oxygen atoms in total. The maximum absolute atomic E-state index is 13.9. The topological polar surface area (TPSA) is 48.5 Å². The maximum Gasteiger partial charge on any atom is 0.257 e. The molecule has 3 fully saturated rings. The van der Waals surface area contributed by atoms with Crippen molar-refractivity contribution in [2.75, 3.05) is 41.3 Å². The zero-order valence-corrected chi connectivity index (χ0v) is 22.6. The highest BCUT2D eigenvalue weighted by molar-refractivity contribution is 9.10. The molecule has 1 aromatic heterocycles. The van der Waals surface area contributed by atoms with Gasteiger partial charge in [-0.25, -0.2) is 8.78 Å². The number of anilines is 3. The predicted molar refractivity (Wildman–Crippen MR) is 148 cm³/mol. The molecule has 2 aliphatic heterocycles. The molecular formula is C29H31BrF2N4O. The van der Waals surface area contributed by atoms with E-state index >= 15 is 0 Å². The van der Waals surface area contributed by atoms with Crippen LogP contribution in [0, 0.1) is 12.3 Å². The molecule has 1 saturated carbocycles. The largest absolute Gasteiger partial charge is 0.371 e. The fourth-order valence-corrected chi connectivity index (χ4v) is 6.11. The Hall–Kier alpha value is -2.74. The van der Waals surface area contributed by atoms with E-state index in [-0.39, 0.29) is 31.8 Å². The summed E-state index contributed by atoms with van der Waals surface area (Å²) in [4.78, 5) is 22.6. The monoisotopic (exact) mass is 568 g/mol. The number of piperidine rings is 2. The molecule has 6 rings (SSSR count). The van der Waals surface area contributed by atoms with Crippen LogP contribution in [0.15, 0.2) is 46.9 Å². The van der Waals surface area contributed by atoms with Crippen molar-refractivity contribution in [3.05, 3.63) is 58.2 Å². The molecule has 37 heavy (non-hydrogen) atoms. The number of benzene rings is 2. The van der Waals surface area contributed by atoms with E-state index in [4.69, 9.17) is 4.98 Å². The van der Waals surface area contributed by atoms with Crippen molar-refractivity contribution in [3.8, 4) is 0 Å². The number of hydrogen-bond acceptors (Lipinski definition) is 4. The van der Waals surface area contributed by atoms with Gasteiger partial charge >= 0.3 is 0 Å². The van der Waals surface area contributed by atoms with Crippen LogP contribution in [-0.4, -0.2) is 43.0 Å². The number of amides is 1. The van der Waals surface area contributed by atoms with Crippen LogP contribution in [0.25, 0.3) is 10.9 Å². The van der Waals surface area contributed by atoms with Crippen molar-refractivity contribution in [1.82, 2.24) is 4.98 Å². The van der Waals surface area contributed by atoms with Crippen LogP contribution in [0.1, 0.15) is 54.6 Å². The van der Waals surface area contributed by atoms with Crippen molar-refractivity contribution < 1.29 is 13.6 Å². The number of aromatic nitrogens is 1. The van der Waals surface area contributed by atoms with Gasteiger partial charge in [0.1, 0.15) is 0 Å². The third kappa shape index (κ3) is 5.05. The number of carbonyl (C=O) groups is 1. The molecule has 194 valence electrons. The quantitative estimate of drug-likeness (QED) is 0.362. The Balaban J connectivity index is 1.30. The van der Waals surface area contributed by atoms with Crippen LogP contribution in [0.2, 0.25) is 0 Å². The molecule has 1 N–H and O–H groups in total. The minimum absolute atomic E-state index is 0.176. The minimum atomic E-state index is -2.63. The Morgan fingerprint density at radius 1 is 0.892 bits per heavy atom. The SMILES string of the molecule is Cc1ccc2cc(NC(=O)c3ccc(Br)cc3N3CCC4(CC3)CC4)cc(N3CCC(F)(F)CC3)c2n1. The molecule has 0 bridgehead atoms. The molecule has 2 saturated heterocycles. The average Bonchev–Trinajstić information content (AvgIpc) is 3.63. The second kappa shape index (κ2) is 9.22. The summed E-state index contributed by atoms with van der Waals surface area (Å²) in [6, 6.07) is 13.5. The van der Waals surface area contributed by atoms with Gasteiger partial charge in [-0.15, -0.1) is 0 Å². The molecule has 3 heterocycles. The number of pyridine rings is 1. The van der Waals surface area contributed by atoms with Gasteiger partial charge in [-0.2, -0.15) is 0 Å². The van der Waals surface area contributed by atoms with Crippen molar-refractivity contribution >= 4 is 49.8 Å². The average molecular weight is 569 g/mol. The third-order valence-corrected chi connectivity index (χ3v) is 8.82. The minimum Gasteiger partial charge on any atom is -0.371 e. The summed E-state index contributed by atoms with van der Waals surface area (Å²) in [5.41, 5.74) is 5.19. The number of alkyl halides is 2. The number of carbonyl (C=O) groups excluding carboxylic acids is 1. The lowest BCUT2D eigenvalue weighted by molar-refractivity contribution is -0.0220. The summed E-state index contributed by atoms with van der Waals surface area (Å²) in [6.07, 6.45) is 4.65. The van der Waals surface area contributed by atoms with Crippen molar-refractivity contribution in [3.63, 3.8) is 0 Å².